The summed E-state index contributed by atoms with van der Waals surface area (Å²) in [6.07, 6.45) is -0.657. The third kappa shape index (κ3) is 7.19. The van der Waals surface area contributed by atoms with Gasteiger partial charge in [-0.1, -0.05) is 13.8 Å². The first-order chi connectivity index (χ1) is 7.47. The van der Waals surface area contributed by atoms with Gasteiger partial charge < -0.3 is 20.5 Å². The van der Waals surface area contributed by atoms with Crippen LogP contribution in [0.3, 0.4) is 0 Å². The number of hydrogen-bond donors (Lipinski definition) is 3. The summed E-state index contributed by atoms with van der Waals surface area (Å²) >= 11 is 0. The maximum absolute atomic E-state index is 11.3. The van der Waals surface area contributed by atoms with Gasteiger partial charge in [0, 0.05) is 26.1 Å². The first kappa shape index (κ1) is 14.9. The summed E-state index contributed by atoms with van der Waals surface area (Å²) in [5.74, 6) is -1.26. The van der Waals surface area contributed by atoms with E-state index in [-0.39, 0.29) is 12.5 Å². The molecule has 0 heterocycles. The van der Waals surface area contributed by atoms with Gasteiger partial charge in [0.25, 0.3) is 0 Å². The minimum atomic E-state index is -1.08. The number of aliphatic carboxylic acids is 1. The molecule has 0 aliphatic carbocycles. The molecular formula is C10H20N2O4. The molecule has 0 bridgehead atoms. The molecule has 0 fully saturated rings. The first-order valence-corrected chi connectivity index (χ1v) is 5.23. The predicted molar refractivity (Wildman–Crippen MR) is 59.2 cm³/mol. The molecule has 0 aromatic carbocycles. The average molecular weight is 232 g/mol. The summed E-state index contributed by atoms with van der Waals surface area (Å²) in [5.41, 5.74) is 0. The fourth-order valence-corrected chi connectivity index (χ4v) is 1.04. The van der Waals surface area contributed by atoms with E-state index in [2.05, 4.69) is 15.4 Å². The number of hydrogen-bond acceptors (Lipinski definition) is 4. The Balaban J connectivity index is 3.67. The topological polar surface area (TPSA) is 87.7 Å². The van der Waals surface area contributed by atoms with E-state index in [1.54, 1.807) is 0 Å². The Morgan fingerprint density at radius 3 is 2.44 bits per heavy atom. The summed E-state index contributed by atoms with van der Waals surface area (Å²) in [5, 5.41) is 14.2. The molecule has 0 saturated carbocycles. The molecular weight excluding hydrogens is 212 g/mol. The number of carbonyl (C=O) groups is 2. The molecule has 0 aromatic heterocycles. The van der Waals surface area contributed by atoms with E-state index in [0.29, 0.717) is 19.0 Å². The van der Waals surface area contributed by atoms with E-state index in [0.717, 1.165) is 0 Å². The van der Waals surface area contributed by atoms with E-state index in [1.807, 2.05) is 13.8 Å². The lowest BCUT2D eigenvalue weighted by Gasteiger charge is -2.12. The maximum Gasteiger partial charge on any atom is 0.334 e. The van der Waals surface area contributed by atoms with Gasteiger partial charge in [-0.3, -0.25) is 4.79 Å². The summed E-state index contributed by atoms with van der Waals surface area (Å²) in [6, 6.07) is 0.332. The van der Waals surface area contributed by atoms with E-state index in [9.17, 15) is 9.59 Å². The van der Waals surface area contributed by atoms with Crippen LogP contribution in [0.4, 0.5) is 0 Å². The van der Waals surface area contributed by atoms with Crippen molar-refractivity contribution in [1.82, 2.24) is 10.6 Å². The van der Waals surface area contributed by atoms with E-state index in [1.165, 1.54) is 7.11 Å². The molecule has 6 heteroatoms. The zero-order chi connectivity index (χ0) is 12.6. The number of amides is 1. The van der Waals surface area contributed by atoms with Gasteiger partial charge in [-0.2, -0.15) is 0 Å². The highest BCUT2D eigenvalue weighted by Gasteiger charge is 2.16. The van der Waals surface area contributed by atoms with Crippen LogP contribution in [0.2, 0.25) is 0 Å². The van der Waals surface area contributed by atoms with Crippen molar-refractivity contribution in [1.29, 1.82) is 0 Å². The van der Waals surface area contributed by atoms with Crippen LogP contribution < -0.4 is 10.6 Å². The fraction of sp³-hybridized carbons (Fsp3) is 0.800. The molecule has 6 nitrogen and oxygen atoms in total. The van der Waals surface area contributed by atoms with Crippen molar-refractivity contribution >= 4 is 11.9 Å². The molecule has 0 saturated heterocycles. The summed E-state index contributed by atoms with van der Waals surface area (Å²) in [7, 11) is 1.30. The van der Waals surface area contributed by atoms with Crippen molar-refractivity contribution in [3.8, 4) is 0 Å². The fourth-order valence-electron chi connectivity index (χ4n) is 1.04. The lowest BCUT2D eigenvalue weighted by Crippen LogP contribution is -2.39. The van der Waals surface area contributed by atoms with Crippen LogP contribution in [0, 0.1) is 0 Å². The van der Waals surface area contributed by atoms with Gasteiger partial charge in [0.05, 0.1) is 6.54 Å². The van der Waals surface area contributed by atoms with Crippen molar-refractivity contribution in [2.75, 3.05) is 20.2 Å². The molecule has 3 N–H and O–H groups in total. The number of ether oxygens (including phenoxy) is 1. The highest BCUT2D eigenvalue weighted by molar-refractivity contribution is 5.78. The SMILES string of the molecule is COC(CNC(=O)CCNC(C)C)C(=O)O. The van der Waals surface area contributed by atoms with Gasteiger partial charge in [-0.25, -0.2) is 4.79 Å². The number of methoxy groups -OCH3 is 1. The van der Waals surface area contributed by atoms with Gasteiger partial charge in [0.1, 0.15) is 0 Å². The molecule has 0 radical (unpaired) electrons. The Bertz CT molecular complexity index is 231. The third-order valence-corrected chi connectivity index (χ3v) is 1.95. The molecule has 0 aliphatic rings. The number of carbonyl (C=O) groups excluding carboxylic acids is 1. The molecule has 16 heavy (non-hydrogen) atoms. The van der Waals surface area contributed by atoms with E-state index in [4.69, 9.17) is 5.11 Å². The molecule has 0 rings (SSSR count). The van der Waals surface area contributed by atoms with Gasteiger partial charge >= 0.3 is 5.97 Å². The van der Waals surface area contributed by atoms with Crippen molar-refractivity contribution in [2.45, 2.75) is 32.4 Å². The van der Waals surface area contributed by atoms with Crippen molar-refractivity contribution in [2.24, 2.45) is 0 Å². The molecule has 1 unspecified atom stereocenters. The predicted octanol–water partition coefficient (Wildman–Crippen LogP) is -0.410. The highest BCUT2D eigenvalue weighted by atomic mass is 16.5. The Morgan fingerprint density at radius 1 is 1.38 bits per heavy atom. The molecule has 1 atom stereocenters. The van der Waals surface area contributed by atoms with Crippen LogP contribution in [-0.4, -0.2) is 49.3 Å². The van der Waals surface area contributed by atoms with Crippen molar-refractivity contribution in [3.63, 3.8) is 0 Å². The minimum Gasteiger partial charge on any atom is -0.479 e. The zero-order valence-electron chi connectivity index (χ0n) is 9.95. The first-order valence-electron chi connectivity index (χ1n) is 5.23. The van der Waals surface area contributed by atoms with Crippen molar-refractivity contribution < 1.29 is 19.4 Å². The summed E-state index contributed by atoms with van der Waals surface area (Å²) < 4.78 is 4.67. The van der Waals surface area contributed by atoms with E-state index < -0.39 is 12.1 Å². The smallest absolute Gasteiger partial charge is 0.334 e. The monoisotopic (exact) mass is 232 g/mol. The molecule has 0 aliphatic heterocycles. The quantitative estimate of drug-likeness (QED) is 0.529. The van der Waals surface area contributed by atoms with Crippen molar-refractivity contribution in [3.05, 3.63) is 0 Å². The van der Waals surface area contributed by atoms with Crippen LogP contribution in [-0.2, 0) is 14.3 Å². The zero-order valence-corrected chi connectivity index (χ0v) is 9.95. The minimum absolute atomic E-state index is 0.00759. The Morgan fingerprint density at radius 2 is 2.00 bits per heavy atom. The number of rotatable bonds is 8. The van der Waals surface area contributed by atoms with Crippen LogP contribution in [0.1, 0.15) is 20.3 Å². The number of carboxylic acid groups (broad SMARTS) is 1. The molecule has 1 amide bonds. The van der Waals surface area contributed by atoms with Gasteiger partial charge in [-0.05, 0) is 0 Å². The normalized spacial score (nSPS) is 12.5. The second kappa shape index (κ2) is 8.06. The number of nitrogens with one attached hydrogen (secondary N) is 2. The molecule has 94 valence electrons. The average Bonchev–Trinajstić information content (AvgIpc) is 2.17. The van der Waals surface area contributed by atoms with Crippen LogP contribution in [0.25, 0.3) is 0 Å². The second-order valence-electron chi connectivity index (χ2n) is 3.73. The Hall–Kier alpha value is -1.14. The largest absolute Gasteiger partial charge is 0.479 e. The van der Waals surface area contributed by atoms with E-state index >= 15 is 0 Å². The third-order valence-electron chi connectivity index (χ3n) is 1.95. The van der Waals surface area contributed by atoms with Gasteiger partial charge in [0.2, 0.25) is 5.91 Å². The summed E-state index contributed by atoms with van der Waals surface area (Å²) in [6.45, 7) is 4.55. The maximum atomic E-state index is 11.3. The lowest BCUT2D eigenvalue weighted by atomic mass is 10.3. The molecule has 0 aromatic rings. The Labute approximate surface area is 95.4 Å². The summed E-state index contributed by atoms with van der Waals surface area (Å²) in [4.78, 5) is 21.8. The number of carboxylic acids is 1. The lowest BCUT2D eigenvalue weighted by molar-refractivity contribution is -0.148. The van der Waals surface area contributed by atoms with Gasteiger partial charge in [0.15, 0.2) is 6.10 Å². The van der Waals surface area contributed by atoms with Crippen LogP contribution in [0.5, 0.6) is 0 Å². The van der Waals surface area contributed by atoms with Crippen LogP contribution >= 0.6 is 0 Å². The highest BCUT2D eigenvalue weighted by Crippen LogP contribution is 1.88. The van der Waals surface area contributed by atoms with Crippen LogP contribution in [0.15, 0.2) is 0 Å². The standard InChI is InChI=1S/C10H20N2O4/c1-7(2)11-5-4-9(13)12-6-8(16-3)10(14)15/h7-8,11H,4-6H2,1-3H3,(H,12,13)(H,14,15). The Kier molecular flexibility index (Phi) is 7.49. The second-order valence-corrected chi connectivity index (χ2v) is 3.73. The van der Waals surface area contributed by atoms with Gasteiger partial charge in [-0.15, -0.1) is 0 Å². The molecule has 0 spiro atoms.